The van der Waals surface area contributed by atoms with E-state index in [4.69, 9.17) is 26.6 Å². The average Bonchev–Trinajstić information content (AvgIpc) is 3.07. The van der Waals surface area contributed by atoms with Crippen molar-refractivity contribution < 1.29 is 9.47 Å². The van der Waals surface area contributed by atoms with Gasteiger partial charge in [-0.2, -0.15) is 0 Å². The van der Waals surface area contributed by atoms with E-state index < -0.39 is 0 Å². The molecule has 0 unspecified atom stereocenters. The number of hydrogen-bond acceptors (Lipinski definition) is 5. The standard InChI is InChI=1S/C39H31N3O2/c1-2-21-43-35-19-17-28-10-5-7-13-32(28)37(35)38-33-14-8-6-11-29(33)18-20-36(38)44-25-31-24-41-34(39(40)42-31)23-26-15-16-27-9-3-4-12-30(27)22-26/h1,3-20,22,24,34,41H,21,23,25H2,(H2,40,42)/t34-/m0/s1. The van der Waals surface area contributed by atoms with Crippen LogP contribution in [0.1, 0.15) is 5.56 Å². The number of benzene rings is 6. The molecule has 0 bridgehead atoms. The van der Waals surface area contributed by atoms with Gasteiger partial charge in [-0.1, -0.05) is 109 Å². The molecule has 1 aliphatic rings. The van der Waals surface area contributed by atoms with Crippen molar-refractivity contribution in [2.45, 2.75) is 12.5 Å². The number of amidine groups is 1. The Morgan fingerprint density at radius 2 is 1.30 bits per heavy atom. The maximum absolute atomic E-state index is 6.53. The van der Waals surface area contributed by atoms with Crippen molar-refractivity contribution in [2.75, 3.05) is 13.2 Å². The second-order valence-corrected chi connectivity index (χ2v) is 10.9. The molecule has 0 radical (unpaired) electrons. The number of nitrogens with one attached hydrogen (secondary N) is 1. The van der Waals surface area contributed by atoms with Crippen LogP contribution in [0.2, 0.25) is 0 Å². The van der Waals surface area contributed by atoms with Gasteiger partial charge in [0.15, 0.2) is 0 Å². The van der Waals surface area contributed by atoms with Crippen LogP contribution in [-0.4, -0.2) is 25.1 Å². The third-order valence-corrected chi connectivity index (χ3v) is 8.05. The van der Waals surface area contributed by atoms with Crippen LogP contribution in [0.5, 0.6) is 11.5 Å². The van der Waals surface area contributed by atoms with Crippen molar-refractivity contribution >= 4 is 38.2 Å². The molecule has 1 heterocycles. The van der Waals surface area contributed by atoms with Gasteiger partial charge in [0.2, 0.25) is 0 Å². The van der Waals surface area contributed by atoms with Gasteiger partial charge < -0.3 is 20.5 Å². The molecule has 0 amide bonds. The molecule has 5 nitrogen and oxygen atoms in total. The Kier molecular flexibility index (Phi) is 7.32. The molecule has 7 rings (SSSR count). The Balaban J connectivity index is 1.19. The van der Waals surface area contributed by atoms with E-state index in [0.717, 1.165) is 50.5 Å². The van der Waals surface area contributed by atoms with Crippen molar-refractivity contribution in [1.82, 2.24) is 5.32 Å². The van der Waals surface area contributed by atoms with Gasteiger partial charge >= 0.3 is 0 Å². The highest BCUT2D eigenvalue weighted by atomic mass is 16.5. The van der Waals surface area contributed by atoms with Crippen molar-refractivity contribution in [3.63, 3.8) is 0 Å². The molecule has 1 aliphatic heterocycles. The molecular weight excluding hydrogens is 542 g/mol. The van der Waals surface area contributed by atoms with Crippen LogP contribution >= 0.6 is 0 Å². The highest BCUT2D eigenvalue weighted by Gasteiger charge is 2.21. The molecule has 0 spiro atoms. The summed E-state index contributed by atoms with van der Waals surface area (Å²) in [7, 11) is 0. The van der Waals surface area contributed by atoms with Gasteiger partial charge in [-0.3, -0.25) is 0 Å². The predicted molar refractivity (Wildman–Crippen MR) is 181 cm³/mol. The van der Waals surface area contributed by atoms with Gasteiger partial charge in [-0.05, 0) is 56.4 Å². The lowest BCUT2D eigenvalue weighted by molar-refractivity contribution is 0.349. The van der Waals surface area contributed by atoms with E-state index >= 15 is 0 Å². The van der Waals surface area contributed by atoms with E-state index in [1.54, 1.807) is 0 Å². The number of nitrogens with two attached hydrogens (primary N) is 1. The minimum atomic E-state index is -0.0947. The second-order valence-electron chi connectivity index (χ2n) is 10.9. The molecule has 3 N–H and O–H groups in total. The van der Waals surface area contributed by atoms with Crippen LogP contribution < -0.4 is 20.5 Å². The zero-order valence-corrected chi connectivity index (χ0v) is 24.2. The maximum atomic E-state index is 6.53. The summed E-state index contributed by atoms with van der Waals surface area (Å²) in [5.74, 6) is 4.57. The van der Waals surface area contributed by atoms with Gasteiger partial charge in [0, 0.05) is 17.3 Å². The van der Waals surface area contributed by atoms with Crippen LogP contribution in [0.3, 0.4) is 0 Å². The lowest BCUT2D eigenvalue weighted by Gasteiger charge is -2.23. The van der Waals surface area contributed by atoms with Crippen molar-refractivity contribution in [3.05, 3.63) is 133 Å². The first kappa shape index (κ1) is 27.1. The first-order valence-corrected chi connectivity index (χ1v) is 14.7. The summed E-state index contributed by atoms with van der Waals surface area (Å²) in [6, 6.07) is 39.5. The van der Waals surface area contributed by atoms with E-state index in [1.165, 1.54) is 16.3 Å². The minimum absolute atomic E-state index is 0.0947. The third kappa shape index (κ3) is 5.30. The van der Waals surface area contributed by atoms with E-state index in [0.29, 0.717) is 11.6 Å². The zero-order valence-electron chi connectivity index (χ0n) is 24.2. The normalized spacial score (nSPS) is 14.5. The number of nitrogens with zero attached hydrogens (tertiary/aromatic N) is 1. The van der Waals surface area contributed by atoms with E-state index in [2.05, 4.69) is 90.1 Å². The quantitative estimate of drug-likeness (QED) is 0.184. The van der Waals surface area contributed by atoms with Gasteiger partial charge in [-0.15, -0.1) is 6.42 Å². The van der Waals surface area contributed by atoms with Gasteiger partial charge in [0.1, 0.15) is 30.5 Å². The van der Waals surface area contributed by atoms with Crippen LogP contribution in [0.15, 0.2) is 132 Å². The maximum Gasteiger partial charge on any atom is 0.148 e. The molecule has 0 aromatic heterocycles. The largest absolute Gasteiger partial charge is 0.487 e. The fraction of sp³-hybridized carbons (Fsp3) is 0.103. The van der Waals surface area contributed by atoms with Gasteiger partial charge in [0.25, 0.3) is 0 Å². The SMILES string of the molecule is C#CCOc1ccc2ccccc2c1-c1c(OCC2=CN[C@@H](Cc3ccc4ccccc4c3)C(N)=N2)ccc2ccccc12. The second kappa shape index (κ2) is 11.9. The first-order chi connectivity index (χ1) is 21.7. The van der Waals surface area contributed by atoms with E-state index in [1.807, 2.05) is 42.6 Å². The summed E-state index contributed by atoms with van der Waals surface area (Å²) in [6.07, 6.45) is 8.22. The number of fused-ring (bicyclic) bond motifs is 3. The molecule has 6 aromatic rings. The summed E-state index contributed by atoms with van der Waals surface area (Å²) in [5, 5.41) is 10.2. The molecule has 6 aromatic carbocycles. The molecule has 0 saturated carbocycles. The van der Waals surface area contributed by atoms with E-state index in [9.17, 15) is 0 Å². The molecule has 44 heavy (non-hydrogen) atoms. The van der Waals surface area contributed by atoms with Crippen LogP contribution in [0.4, 0.5) is 0 Å². The topological polar surface area (TPSA) is 68.9 Å². The molecule has 0 saturated heterocycles. The number of aliphatic imine (C=N–C) groups is 1. The first-order valence-electron chi connectivity index (χ1n) is 14.7. The van der Waals surface area contributed by atoms with Gasteiger partial charge in [-0.25, -0.2) is 4.99 Å². The number of hydrogen-bond donors (Lipinski definition) is 2. The monoisotopic (exact) mass is 573 g/mol. The molecular formula is C39H31N3O2. The van der Waals surface area contributed by atoms with Crippen molar-refractivity contribution in [1.29, 1.82) is 0 Å². The summed E-state index contributed by atoms with van der Waals surface area (Å²) in [6.45, 7) is 0.409. The summed E-state index contributed by atoms with van der Waals surface area (Å²) in [4.78, 5) is 4.73. The predicted octanol–water partition coefficient (Wildman–Crippen LogP) is 7.62. The number of ether oxygens (including phenoxy) is 2. The Labute approximate surface area is 256 Å². The lowest BCUT2D eigenvalue weighted by atomic mass is 9.92. The van der Waals surface area contributed by atoms with Crippen LogP contribution in [-0.2, 0) is 6.42 Å². The lowest BCUT2D eigenvalue weighted by Crippen LogP contribution is -2.43. The molecule has 5 heteroatoms. The smallest absolute Gasteiger partial charge is 0.148 e. The molecule has 214 valence electrons. The number of rotatable bonds is 8. The molecule has 0 aliphatic carbocycles. The summed E-state index contributed by atoms with van der Waals surface area (Å²) >= 11 is 0. The fourth-order valence-corrected chi connectivity index (χ4v) is 5.93. The molecule has 1 atom stereocenters. The Hall–Kier alpha value is -5.73. The minimum Gasteiger partial charge on any atom is -0.487 e. The summed E-state index contributed by atoms with van der Waals surface area (Å²) in [5.41, 5.74) is 10.3. The highest BCUT2D eigenvalue weighted by molar-refractivity contribution is 6.09. The average molecular weight is 574 g/mol. The van der Waals surface area contributed by atoms with E-state index in [-0.39, 0.29) is 19.3 Å². The highest BCUT2D eigenvalue weighted by Crippen LogP contribution is 2.45. The Morgan fingerprint density at radius 3 is 1.95 bits per heavy atom. The summed E-state index contributed by atoms with van der Waals surface area (Å²) < 4.78 is 12.6. The van der Waals surface area contributed by atoms with Crippen LogP contribution in [0, 0.1) is 12.3 Å². The zero-order chi connectivity index (χ0) is 29.9. The molecule has 0 fully saturated rings. The van der Waals surface area contributed by atoms with Crippen molar-refractivity contribution in [3.8, 4) is 35.0 Å². The Bertz CT molecular complexity index is 2120. The number of terminal acetylenes is 1. The third-order valence-electron chi connectivity index (χ3n) is 8.05. The Morgan fingerprint density at radius 1 is 0.705 bits per heavy atom. The fourth-order valence-electron chi connectivity index (χ4n) is 5.93. The van der Waals surface area contributed by atoms with Crippen molar-refractivity contribution in [2.24, 2.45) is 10.7 Å². The van der Waals surface area contributed by atoms with Crippen LogP contribution in [0.25, 0.3) is 43.4 Å². The van der Waals surface area contributed by atoms with Gasteiger partial charge in [0.05, 0.1) is 11.7 Å².